The standard InChI is InChI=1S/C21H28N4O3/c1-21(2,3)15-4-6-16(7-5-15)28-13-18-23-11-17(19(26)24-18)20(27)25-9-8-14(10-22)12-25/h4-7,11,14H,8-10,12-13,22H2,1-3H3,(H,23,24,26). The number of carbonyl (C=O) groups excluding carboxylic acids is 1. The molecule has 1 amide bonds. The molecule has 3 N–H and O–H groups in total. The number of hydrogen-bond acceptors (Lipinski definition) is 5. The van der Waals surface area contributed by atoms with E-state index in [1.807, 2.05) is 24.3 Å². The van der Waals surface area contributed by atoms with Gasteiger partial charge in [-0.25, -0.2) is 4.98 Å². The van der Waals surface area contributed by atoms with Crippen molar-refractivity contribution in [3.8, 4) is 5.75 Å². The predicted molar refractivity (Wildman–Crippen MR) is 107 cm³/mol. The normalized spacial score (nSPS) is 17.0. The Kier molecular flexibility index (Phi) is 5.84. The van der Waals surface area contributed by atoms with Gasteiger partial charge in [-0.05, 0) is 42.0 Å². The number of aromatic amines is 1. The van der Waals surface area contributed by atoms with E-state index in [1.165, 1.54) is 11.8 Å². The summed E-state index contributed by atoms with van der Waals surface area (Å²) in [5.41, 5.74) is 6.56. The van der Waals surface area contributed by atoms with Gasteiger partial charge in [0, 0.05) is 19.3 Å². The third-order valence-corrected chi connectivity index (χ3v) is 5.08. The maximum Gasteiger partial charge on any atom is 0.263 e. The topological polar surface area (TPSA) is 101 Å². The average molecular weight is 384 g/mol. The number of amides is 1. The maximum atomic E-state index is 12.5. The first kappa shape index (κ1) is 20.1. The number of H-pyrrole nitrogens is 1. The van der Waals surface area contributed by atoms with Crippen molar-refractivity contribution in [2.75, 3.05) is 19.6 Å². The van der Waals surface area contributed by atoms with E-state index in [4.69, 9.17) is 10.5 Å². The van der Waals surface area contributed by atoms with Crippen LogP contribution in [0, 0.1) is 5.92 Å². The molecule has 0 radical (unpaired) electrons. The summed E-state index contributed by atoms with van der Waals surface area (Å²) >= 11 is 0. The van der Waals surface area contributed by atoms with Gasteiger partial charge in [-0.2, -0.15) is 0 Å². The van der Waals surface area contributed by atoms with E-state index < -0.39 is 5.56 Å². The van der Waals surface area contributed by atoms with E-state index in [-0.39, 0.29) is 23.5 Å². The quantitative estimate of drug-likeness (QED) is 0.822. The summed E-state index contributed by atoms with van der Waals surface area (Å²) in [6, 6.07) is 7.85. The highest BCUT2D eigenvalue weighted by molar-refractivity contribution is 5.93. The molecule has 1 aromatic heterocycles. The van der Waals surface area contributed by atoms with E-state index in [1.54, 1.807) is 4.90 Å². The van der Waals surface area contributed by atoms with Gasteiger partial charge in [0.05, 0.1) is 0 Å². The molecule has 0 spiro atoms. The zero-order chi connectivity index (χ0) is 20.3. The molecule has 1 atom stereocenters. The van der Waals surface area contributed by atoms with Gasteiger partial charge >= 0.3 is 0 Å². The molecule has 0 aliphatic carbocycles. The van der Waals surface area contributed by atoms with E-state index in [9.17, 15) is 9.59 Å². The first-order chi connectivity index (χ1) is 13.3. The van der Waals surface area contributed by atoms with Crippen molar-refractivity contribution in [2.24, 2.45) is 11.7 Å². The summed E-state index contributed by atoms with van der Waals surface area (Å²) in [5.74, 6) is 1.08. The zero-order valence-corrected chi connectivity index (χ0v) is 16.7. The van der Waals surface area contributed by atoms with E-state index in [0.29, 0.717) is 37.1 Å². The van der Waals surface area contributed by atoms with Crippen LogP contribution in [-0.4, -0.2) is 40.4 Å². The number of aromatic nitrogens is 2. The second-order valence-electron chi connectivity index (χ2n) is 8.28. The summed E-state index contributed by atoms with van der Waals surface area (Å²) in [5, 5.41) is 0. The summed E-state index contributed by atoms with van der Waals surface area (Å²) in [4.78, 5) is 33.4. The monoisotopic (exact) mass is 384 g/mol. The van der Waals surface area contributed by atoms with Gasteiger partial charge in [-0.3, -0.25) is 9.59 Å². The van der Waals surface area contributed by atoms with Crippen molar-refractivity contribution in [1.29, 1.82) is 0 Å². The Morgan fingerprint density at radius 3 is 2.61 bits per heavy atom. The van der Waals surface area contributed by atoms with Crippen LogP contribution in [0.3, 0.4) is 0 Å². The number of benzene rings is 1. The minimum Gasteiger partial charge on any atom is -0.486 e. The Hall–Kier alpha value is -2.67. The lowest BCUT2D eigenvalue weighted by Crippen LogP contribution is -2.34. The Bertz CT molecular complexity index is 884. The molecule has 2 aromatic rings. The SMILES string of the molecule is CC(C)(C)c1ccc(OCc2ncc(C(=O)N3CCC(CN)C3)c(=O)[nH]2)cc1. The number of nitrogens with zero attached hydrogens (tertiary/aromatic N) is 2. The first-order valence-corrected chi connectivity index (χ1v) is 9.59. The maximum absolute atomic E-state index is 12.5. The zero-order valence-electron chi connectivity index (χ0n) is 16.7. The summed E-state index contributed by atoms with van der Waals surface area (Å²) in [6.45, 7) is 8.33. The Morgan fingerprint density at radius 1 is 1.32 bits per heavy atom. The fourth-order valence-electron chi connectivity index (χ4n) is 3.24. The van der Waals surface area contributed by atoms with Crippen molar-refractivity contribution in [1.82, 2.24) is 14.9 Å². The molecule has 0 saturated carbocycles. The molecular formula is C21H28N4O3. The second kappa shape index (κ2) is 8.14. The number of nitrogens with one attached hydrogen (secondary N) is 1. The molecule has 1 fully saturated rings. The third-order valence-electron chi connectivity index (χ3n) is 5.08. The van der Waals surface area contributed by atoms with Crippen LogP contribution in [0.15, 0.2) is 35.3 Å². The number of carbonyl (C=O) groups is 1. The van der Waals surface area contributed by atoms with Crippen molar-refractivity contribution in [2.45, 2.75) is 39.2 Å². The average Bonchev–Trinajstić information content (AvgIpc) is 3.15. The minimum atomic E-state index is -0.446. The minimum absolute atomic E-state index is 0.0518. The Balaban J connectivity index is 1.63. The lowest BCUT2D eigenvalue weighted by Gasteiger charge is -2.19. The lowest BCUT2D eigenvalue weighted by atomic mass is 9.87. The summed E-state index contributed by atoms with van der Waals surface area (Å²) < 4.78 is 5.70. The largest absolute Gasteiger partial charge is 0.486 e. The predicted octanol–water partition coefficient (Wildman–Crippen LogP) is 2.07. The second-order valence-corrected chi connectivity index (χ2v) is 8.28. The third kappa shape index (κ3) is 4.59. The number of rotatable bonds is 5. The molecule has 1 unspecified atom stereocenters. The molecule has 3 rings (SSSR count). The highest BCUT2D eigenvalue weighted by Crippen LogP contribution is 2.24. The molecule has 0 bridgehead atoms. The molecule has 1 aliphatic rings. The lowest BCUT2D eigenvalue weighted by molar-refractivity contribution is 0.0785. The van der Waals surface area contributed by atoms with Crippen molar-refractivity contribution < 1.29 is 9.53 Å². The number of hydrogen-bond donors (Lipinski definition) is 2. The van der Waals surface area contributed by atoms with Gasteiger partial charge in [-0.1, -0.05) is 32.9 Å². The Morgan fingerprint density at radius 2 is 2.04 bits per heavy atom. The number of likely N-dealkylation sites (tertiary alicyclic amines) is 1. The molecule has 7 nitrogen and oxygen atoms in total. The van der Waals surface area contributed by atoms with Crippen molar-refractivity contribution in [3.05, 3.63) is 57.8 Å². The van der Waals surface area contributed by atoms with E-state index in [2.05, 4.69) is 30.7 Å². The van der Waals surface area contributed by atoms with Crippen LogP contribution in [0.25, 0.3) is 0 Å². The van der Waals surface area contributed by atoms with Crippen LogP contribution in [0.4, 0.5) is 0 Å². The molecular weight excluding hydrogens is 356 g/mol. The first-order valence-electron chi connectivity index (χ1n) is 9.59. The molecule has 1 aromatic carbocycles. The van der Waals surface area contributed by atoms with Crippen molar-refractivity contribution >= 4 is 5.91 Å². The van der Waals surface area contributed by atoms with Crippen LogP contribution >= 0.6 is 0 Å². The smallest absolute Gasteiger partial charge is 0.263 e. The van der Waals surface area contributed by atoms with Crippen LogP contribution in [-0.2, 0) is 12.0 Å². The highest BCUT2D eigenvalue weighted by Gasteiger charge is 2.27. The Labute approximate surface area is 164 Å². The molecule has 28 heavy (non-hydrogen) atoms. The van der Waals surface area contributed by atoms with Crippen LogP contribution in [0.1, 0.15) is 48.9 Å². The molecule has 1 saturated heterocycles. The highest BCUT2D eigenvalue weighted by atomic mass is 16.5. The fourth-order valence-corrected chi connectivity index (χ4v) is 3.24. The summed E-state index contributed by atoms with van der Waals surface area (Å²) in [6.07, 6.45) is 2.20. The van der Waals surface area contributed by atoms with Gasteiger partial charge in [0.15, 0.2) is 0 Å². The van der Waals surface area contributed by atoms with Gasteiger partial charge in [0.2, 0.25) is 0 Å². The number of nitrogens with two attached hydrogens (primary N) is 1. The van der Waals surface area contributed by atoms with Gasteiger partial charge < -0.3 is 20.4 Å². The number of ether oxygens (including phenoxy) is 1. The van der Waals surface area contributed by atoms with Crippen LogP contribution < -0.4 is 16.0 Å². The molecule has 150 valence electrons. The van der Waals surface area contributed by atoms with Crippen molar-refractivity contribution in [3.63, 3.8) is 0 Å². The summed E-state index contributed by atoms with van der Waals surface area (Å²) in [7, 11) is 0. The van der Waals surface area contributed by atoms with Crippen LogP contribution in [0.5, 0.6) is 5.75 Å². The van der Waals surface area contributed by atoms with E-state index >= 15 is 0 Å². The van der Waals surface area contributed by atoms with Crippen LogP contribution in [0.2, 0.25) is 0 Å². The molecule has 7 heteroatoms. The molecule has 2 heterocycles. The fraction of sp³-hybridized carbons (Fsp3) is 0.476. The molecule has 1 aliphatic heterocycles. The van der Waals surface area contributed by atoms with Gasteiger partial charge in [-0.15, -0.1) is 0 Å². The van der Waals surface area contributed by atoms with Gasteiger partial charge in [0.1, 0.15) is 23.7 Å². The van der Waals surface area contributed by atoms with Gasteiger partial charge in [0.25, 0.3) is 11.5 Å². The van der Waals surface area contributed by atoms with E-state index in [0.717, 1.165) is 6.42 Å².